The molecule has 1 aliphatic heterocycles. The number of piperidine rings is 1. The van der Waals surface area contributed by atoms with Gasteiger partial charge >= 0.3 is 0 Å². The van der Waals surface area contributed by atoms with Crippen molar-refractivity contribution in [2.45, 2.75) is 61.6 Å². The lowest BCUT2D eigenvalue weighted by Gasteiger charge is -2.32. The molecular formula is C18H28N2S. The smallest absolute Gasteiger partial charge is 0.0480 e. The lowest BCUT2D eigenvalue weighted by atomic mass is 10.0. The molecule has 0 spiro atoms. The molecule has 2 aliphatic rings. The molecule has 1 aromatic rings. The number of anilines is 1. The Balaban J connectivity index is 1.59. The average molecular weight is 305 g/mol. The third-order valence-corrected chi connectivity index (χ3v) is 6.29. The second kappa shape index (κ2) is 7.55. The van der Waals surface area contributed by atoms with E-state index in [9.17, 15) is 0 Å². The molecule has 116 valence electrons. The van der Waals surface area contributed by atoms with Gasteiger partial charge in [0.2, 0.25) is 0 Å². The van der Waals surface area contributed by atoms with Crippen LogP contribution in [-0.4, -0.2) is 35.8 Å². The van der Waals surface area contributed by atoms with Crippen LogP contribution in [0.3, 0.4) is 0 Å². The van der Waals surface area contributed by atoms with Gasteiger partial charge in [-0.05, 0) is 44.4 Å². The van der Waals surface area contributed by atoms with Crippen LogP contribution in [0.2, 0.25) is 0 Å². The molecule has 1 N–H and O–H groups in total. The highest BCUT2D eigenvalue weighted by molar-refractivity contribution is 8.00. The van der Waals surface area contributed by atoms with E-state index < -0.39 is 0 Å². The Kier molecular flexibility index (Phi) is 5.48. The molecule has 0 radical (unpaired) electrons. The SMILES string of the molecule is CCN1CCC(Nc2ccccc2SC2CCCC2)CC1. The molecule has 3 heteroatoms. The summed E-state index contributed by atoms with van der Waals surface area (Å²) in [7, 11) is 0. The van der Waals surface area contributed by atoms with E-state index in [4.69, 9.17) is 0 Å². The zero-order valence-corrected chi connectivity index (χ0v) is 14.0. The van der Waals surface area contributed by atoms with Gasteiger partial charge in [-0.1, -0.05) is 31.9 Å². The molecule has 0 aromatic heterocycles. The van der Waals surface area contributed by atoms with E-state index in [0.29, 0.717) is 6.04 Å². The summed E-state index contributed by atoms with van der Waals surface area (Å²) >= 11 is 2.10. The topological polar surface area (TPSA) is 15.3 Å². The highest BCUT2D eigenvalue weighted by atomic mass is 32.2. The standard InChI is InChI=1S/C18H28N2S/c1-2-20-13-11-15(12-14-20)19-17-9-5-6-10-18(17)21-16-7-3-4-8-16/h5-6,9-10,15-16,19H,2-4,7-8,11-14H2,1H3. The summed E-state index contributed by atoms with van der Waals surface area (Å²) in [5.41, 5.74) is 1.37. The summed E-state index contributed by atoms with van der Waals surface area (Å²) < 4.78 is 0. The predicted molar refractivity (Wildman–Crippen MR) is 93.3 cm³/mol. The van der Waals surface area contributed by atoms with Crippen molar-refractivity contribution in [2.24, 2.45) is 0 Å². The van der Waals surface area contributed by atoms with E-state index in [1.165, 1.54) is 68.7 Å². The van der Waals surface area contributed by atoms with E-state index in [1.807, 2.05) is 0 Å². The Morgan fingerprint density at radius 3 is 2.52 bits per heavy atom. The molecule has 2 fully saturated rings. The molecular weight excluding hydrogens is 276 g/mol. The number of nitrogens with one attached hydrogen (secondary N) is 1. The molecule has 2 nitrogen and oxygen atoms in total. The van der Waals surface area contributed by atoms with Gasteiger partial charge in [-0.2, -0.15) is 0 Å². The normalized spacial score (nSPS) is 21.8. The minimum Gasteiger partial charge on any atom is -0.381 e. The summed E-state index contributed by atoms with van der Waals surface area (Å²) in [5.74, 6) is 0. The summed E-state index contributed by atoms with van der Waals surface area (Å²) in [6, 6.07) is 9.57. The fourth-order valence-electron chi connectivity index (χ4n) is 3.49. The molecule has 1 heterocycles. The number of hydrogen-bond acceptors (Lipinski definition) is 3. The lowest BCUT2D eigenvalue weighted by Crippen LogP contribution is -2.38. The molecule has 1 saturated carbocycles. The average Bonchev–Trinajstić information content (AvgIpc) is 3.03. The summed E-state index contributed by atoms with van der Waals surface area (Å²) in [6.07, 6.45) is 8.18. The van der Waals surface area contributed by atoms with Crippen LogP contribution in [0.25, 0.3) is 0 Å². The number of thioether (sulfide) groups is 1. The van der Waals surface area contributed by atoms with Gasteiger partial charge in [0.05, 0.1) is 0 Å². The number of likely N-dealkylation sites (tertiary alicyclic amines) is 1. The van der Waals surface area contributed by atoms with Crippen molar-refractivity contribution in [1.82, 2.24) is 4.90 Å². The van der Waals surface area contributed by atoms with Crippen molar-refractivity contribution in [3.05, 3.63) is 24.3 Å². The zero-order valence-electron chi connectivity index (χ0n) is 13.2. The minimum absolute atomic E-state index is 0.651. The van der Waals surface area contributed by atoms with Gasteiger partial charge in [0, 0.05) is 35.0 Å². The van der Waals surface area contributed by atoms with E-state index in [-0.39, 0.29) is 0 Å². The molecule has 1 aliphatic carbocycles. The quantitative estimate of drug-likeness (QED) is 0.854. The fraction of sp³-hybridized carbons (Fsp3) is 0.667. The molecule has 0 atom stereocenters. The first-order valence-electron chi connectivity index (χ1n) is 8.59. The number of nitrogens with zero attached hydrogens (tertiary/aromatic N) is 1. The van der Waals surface area contributed by atoms with Gasteiger partial charge in [0.1, 0.15) is 0 Å². The maximum absolute atomic E-state index is 3.82. The Labute approximate surface area is 133 Å². The Morgan fingerprint density at radius 1 is 1.10 bits per heavy atom. The molecule has 0 bridgehead atoms. The first-order chi connectivity index (χ1) is 10.3. The maximum atomic E-state index is 3.82. The monoisotopic (exact) mass is 304 g/mol. The van der Waals surface area contributed by atoms with Crippen molar-refractivity contribution in [3.8, 4) is 0 Å². The Morgan fingerprint density at radius 2 is 1.81 bits per heavy atom. The highest BCUT2D eigenvalue weighted by Crippen LogP contribution is 2.38. The Hall–Kier alpha value is -0.670. The summed E-state index contributed by atoms with van der Waals surface area (Å²) in [5, 5.41) is 4.66. The van der Waals surface area contributed by atoms with Gasteiger partial charge < -0.3 is 10.2 Å². The van der Waals surface area contributed by atoms with Crippen molar-refractivity contribution in [1.29, 1.82) is 0 Å². The van der Waals surface area contributed by atoms with Crippen LogP contribution >= 0.6 is 11.8 Å². The van der Waals surface area contributed by atoms with Gasteiger partial charge in [-0.25, -0.2) is 0 Å². The van der Waals surface area contributed by atoms with E-state index in [0.717, 1.165) is 5.25 Å². The van der Waals surface area contributed by atoms with Crippen molar-refractivity contribution in [2.75, 3.05) is 25.0 Å². The summed E-state index contributed by atoms with van der Waals surface area (Å²) in [4.78, 5) is 4.01. The van der Waals surface area contributed by atoms with Crippen molar-refractivity contribution >= 4 is 17.4 Å². The molecule has 0 unspecified atom stereocenters. The van der Waals surface area contributed by atoms with Crippen molar-refractivity contribution < 1.29 is 0 Å². The first kappa shape index (κ1) is 15.2. The van der Waals surface area contributed by atoms with Crippen LogP contribution in [0, 0.1) is 0 Å². The molecule has 0 amide bonds. The van der Waals surface area contributed by atoms with E-state index >= 15 is 0 Å². The molecule has 21 heavy (non-hydrogen) atoms. The fourth-order valence-corrected chi connectivity index (χ4v) is 4.83. The first-order valence-corrected chi connectivity index (χ1v) is 9.47. The molecule has 3 rings (SSSR count). The third kappa shape index (κ3) is 4.17. The van der Waals surface area contributed by atoms with Gasteiger partial charge in [-0.15, -0.1) is 11.8 Å². The van der Waals surface area contributed by atoms with E-state index in [2.05, 4.69) is 53.2 Å². The van der Waals surface area contributed by atoms with Gasteiger partial charge in [-0.3, -0.25) is 0 Å². The lowest BCUT2D eigenvalue weighted by molar-refractivity contribution is 0.229. The van der Waals surface area contributed by atoms with Crippen LogP contribution < -0.4 is 5.32 Å². The second-order valence-corrected chi connectivity index (χ2v) is 7.72. The number of hydrogen-bond donors (Lipinski definition) is 1. The number of rotatable bonds is 5. The van der Waals surface area contributed by atoms with Crippen LogP contribution in [0.1, 0.15) is 45.4 Å². The van der Waals surface area contributed by atoms with Crippen LogP contribution in [-0.2, 0) is 0 Å². The van der Waals surface area contributed by atoms with Crippen LogP contribution in [0.4, 0.5) is 5.69 Å². The maximum Gasteiger partial charge on any atom is 0.0480 e. The predicted octanol–water partition coefficient (Wildman–Crippen LogP) is 4.62. The molecule has 1 saturated heterocycles. The third-order valence-electron chi connectivity index (χ3n) is 4.88. The number of benzene rings is 1. The van der Waals surface area contributed by atoms with Crippen molar-refractivity contribution in [3.63, 3.8) is 0 Å². The Bertz CT molecular complexity index is 435. The summed E-state index contributed by atoms with van der Waals surface area (Å²) in [6.45, 7) is 5.94. The van der Waals surface area contributed by atoms with Gasteiger partial charge in [0.25, 0.3) is 0 Å². The second-order valence-electron chi connectivity index (χ2n) is 6.37. The highest BCUT2D eigenvalue weighted by Gasteiger charge is 2.20. The number of para-hydroxylation sites is 1. The molecule has 1 aromatic carbocycles. The van der Waals surface area contributed by atoms with Crippen LogP contribution in [0.15, 0.2) is 29.2 Å². The van der Waals surface area contributed by atoms with E-state index in [1.54, 1.807) is 0 Å². The minimum atomic E-state index is 0.651. The van der Waals surface area contributed by atoms with Gasteiger partial charge in [0.15, 0.2) is 0 Å². The largest absolute Gasteiger partial charge is 0.381 e. The van der Waals surface area contributed by atoms with Crippen LogP contribution in [0.5, 0.6) is 0 Å². The zero-order chi connectivity index (χ0) is 14.5.